The van der Waals surface area contributed by atoms with Crippen molar-refractivity contribution in [3.05, 3.63) is 71.2 Å². The minimum atomic E-state index is -0.689. The number of aldehydes is 1. The van der Waals surface area contributed by atoms with Crippen molar-refractivity contribution < 1.29 is 9.21 Å². The minimum Gasteiger partial charge on any atom is -0.407 e. The van der Waals surface area contributed by atoms with Gasteiger partial charge in [0.2, 0.25) is 0 Å². The van der Waals surface area contributed by atoms with Crippen molar-refractivity contribution in [3.8, 4) is 34.9 Å². The molecule has 1 aromatic heterocycles. The van der Waals surface area contributed by atoms with Crippen LogP contribution in [0.25, 0.3) is 22.6 Å². The van der Waals surface area contributed by atoms with E-state index in [4.69, 9.17) is 10.8 Å². The number of oxazole rings is 1. The van der Waals surface area contributed by atoms with E-state index in [1.165, 1.54) is 4.57 Å². The first-order chi connectivity index (χ1) is 11.8. The highest BCUT2D eigenvalue weighted by Gasteiger charge is 2.24. The van der Waals surface area contributed by atoms with Gasteiger partial charge in [-0.1, -0.05) is 66.6 Å². The van der Waals surface area contributed by atoms with Crippen LogP contribution in [0, 0.1) is 12.3 Å². The van der Waals surface area contributed by atoms with Crippen LogP contribution >= 0.6 is 0 Å². The molecule has 0 aliphatic carbocycles. The fourth-order valence-corrected chi connectivity index (χ4v) is 2.66. The zero-order valence-corrected chi connectivity index (χ0v) is 12.9. The van der Waals surface area contributed by atoms with Crippen LogP contribution in [0.5, 0.6) is 0 Å². The van der Waals surface area contributed by atoms with Crippen molar-refractivity contribution in [3.63, 3.8) is 0 Å². The lowest BCUT2D eigenvalue weighted by Crippen LogP contribution is -2.21. The summed E-state index contributed by atoms with van der Waals surface area (Å²) in [6.07, 6.45) is 6.30. The van der Waals surface area contributed by atoms with Crippen molar-refractivity contribution in [2.45, 2.75) is 12.5 Å². The molecule has 0 unspecified atom stereocenters. The normalized spacial score (nSPS) is 11.6. The van der Waals surface area contributed by atoms with Gasteiger partial charge in [-0.05, 0) is 0 Å². The van der Waals surface area contributed by atoms with E-state index in [1.807, 2.05) is 60.7 Å². The van der Waals surface area contributed by atoms with E-state index in [-0.39, 0.29) is 6.42 Å². The van der Waals surface area contributed by atoms with Crippen LogP contribution in [0.2, 0.25) is 0 Å². The summed E-state index contributed by atoms with van der Waals surface area (Å²) in [7, 11) is 0. The number of rotatable bonds is 5. The number of hydrogen-bond donors (Lipinski definition) is 0. The molecular weight excluding hydrogens is 302 g/mol. The number of terminal acetylenes is 1. The molecule has 0 saturated heterocycles. The SMILES string of the molecule is C#C[C@@H](CC=O)n1c(-c2ccccc2)c(-c2ccccc2)oc1=O. The second kappa shape index (κ2) is 6.84. The largest absolute Gasteiger partial charge is 0.421 e. The van der Waals surface area contributed by atoms with Crippen LogP contribution in [0.4, 0.5) is 0 Å². The number of hydrogen-bond acceptors (Lipinski definition) is 3. The van der Waals surface area contributed by atoms with Gasteiger partial charge in [-0.25, -0.2) is 4.79 Å². The molecule has 118 valence electrons. The number of carbonyl (C=O) groups is 1. The molecule has 0 amide bonds. The van der Waals surface area contributed by atoms with Gasteiger partial charge in [0.1, 0.15) is 12.3 Å². The quantitative estimate of drug-likeness (QED) is 0.534. The monoisotopic (exact) mass is 317 g/mol. The molecule has 0 aliphatic heterocycles. The van der Waals surface area contributed by atoms with Gasteiger partial charge in [-0.3, -0.25) is 4.57 Å². The molecular formula is C20H15NO3. The Morgan fingerprint density at radius 3 is 2.17 bits per heavy atom. The third-order valence-electron chi connectivity index (χ3n) is 3.75. The molecule has 0 fully saturated rings. The van der Waals surface area contributed by atoms with Crippen LogP contribution in [0.3, 0.4) is 0 Å². The van der Waals surface area contributed by atoms with E-state index in [1.54, 1.807) is 0 Å². The van der Waals surface area contributed by atoms with Gasteiger partial charge in [0, 0.05) is 17.5 Å². The molecule has 0 saturated carbocycles. The van der Waals surface area contributed by atoms with Gasteiger partial charge in [0.25, 0.3) is 0 Å². The number of nitrogens with zero attached hydrogens (tertiary/aromatic N) is 1. The maximum Gasteiger partial charge on any atom is 0.421 e. The van der Waals surface area contributed by atoms with Crippen molar-refractivity contribution in [2.24, 2.45) is 0 Å². The Hall–Kier alpha value is -3.32. The Morgan fingerprint density at radius 2 is 1.62 bits per heavy atom. The average molecular weight is 317 g/mol. The van der Waals surface area contributed by atoms with Crippen LogP contribution < -0.4 is 5.76 Å². The van der Waals surface area contributed by atoms with Crippen molar-refractivity contribution in [1.82, 2.24) is 4.57 Å². The Bertz CT molecular complexity index is 931. The van der Waals surface area contributed by atoms with E-state index >= 15 is 0 Å². The lowest BCUT2D eigenvalue weighted by Gasteiger charge is -2.12. The highest BCUT2D eigenvalue weighted by molar-refractivity contribution is 5.77. The summed E-state index contributed by atoms with van der Waals surface area (Å²) in [6.45, 7) is 0. The minimum absolute atomic E-state index is 0.0456. The van der Waals surface area contributed by atoms with Gasteiger partial charge in [-0.15, -0.1) is 6.42 Å². The highest BCUT2D eigenvalue weighted by atomic mass is 16.4. The molecule has 4 nitrogen and oxygen atoms in total. The summed E-state index contributed by atoms with van der Waals surface area (Å²) in [6, 6.07) is 18.0. The molecule has 4 heteroatoms. The predicted molar refractivity (Wildman–Crippen MR) is 92.4 cm³/mol. The lowest BCUT2D eigenvalue weighted by atomic mass is 10.0. The molecule has 1 heterocycles. The van der Waals surface area contributed by atoms with Crippen LogP contribution in [0.15, 0.2) is 69.9 Å². The fourth-order valence-electron chi connectivity index (χ4n) is 2.66. The maximum atomic E-state index is 12.5. The molecule has 1 atom stereocenters. The second-order valence-corrected chi connectivity index (χ2v) is 5.23. The summed E-state index contributed by atoms with van der Waals surface area (Å²) < 4.78 is 6.89. The highest BCUT2D eigenvalue weighted by Crippen LogP contribution is 2.33. The smallest absolute Gasteiger partial charge is 0.407 e. The third-order valence-corrected chi connectivity index (χ3v) is 3.75. The topological polar surface area (TPSA) is 52.2 Å². The predicted octanol–water partition coefficient (Wildman–Crippen LogP) is 3.54. The average Bonchev–Trinajstić information content (AvgIpc) is 2.98. The van der Waals surface area contributed by atoms with Gasteiger partial charge in [0.15, 0.2) is 5.76 Å². The molecule has 0 spiro atoms. The fraction of sp³-hybridized carbons (Fsp3) is 0.100. The van der Waals surface area contributed by atoms with E-state index in [2.05, 4.69) is 5.92 Å². The zero-order chi connectivity index (χ0) is 16.9. The first-order valence-corrected chi connectivity index (χ1v) is 7.52. The van der Waals surface area contributed by atoms with Crippen molar-refractivity contribution in [1.29, 1.82) is 0 Å². The molecule has 0 aliphatic rings. The summed E-state index contributed by atoms with van der Waals surface area (Å²) in [5.74, 6) is 2.38. The molecule has 0 radical (unpaired) electrons. The van der Waals surface area contributed by atoms with Gasteiger partial charge in [-0.2, -0.15) is 0 Å². The van der Waals surface area contributed by atoms with Crippen molar-refractivity contribution in [2.75, 3.05) is 0 Å². The van der Waals surface area contributed by atoms with Crippen LogP contribution in [0.1, 0.15) is 12.5 Å². The summed E-state index contributed by atoms with van der Waals surface area (Å²) in [5, 5.41) is 0. The molecule has 3 aromatic rings. The van der Waals surface area contributed by atoms with E-state index in [9.17, 15) is 9.59 Å². The van der Waals surface area contributed by atoms with Crippen LogP contribution in [-0.2, 0) is 4.79 Å². The summed E-state index contributed by atoms with van der Waals surface area (Å²) >= 11 is 0. The molecule has 3 rings (SSSR count). The molecule has 24 heavy (non-hydrogen) atoms. The van der Waals surface area contributed by atoms with Gasteiger partial charge >= 0.3 is 5.76 Å². The number of benzene rings is 2. The van der Waals surface area contributed by atoms with E-state index < -0.39 is 11.8 Å². The summed E-state index contributed by atoms with van der Waals surface area (Å²) in [5.41, 5.74) is 2.15. The Morgan fingerprint density at radius 1 is 1.04 bits per heavy atom. The zero-order valence-electron chi connectivity index (χ0n) is 12.9. The first kappa shape index (κ1) is 15.6. The maximum absolute atomic E-state index is 12.5. The third kappa shape index (κ3) is 2.80. The van der Waals surface area contributed by atoms with Crippen molar-refractivity contribution >= 4 is 6.29 Å². The standard InChI is InChI=1S/C20H15NO3/c1-2-17(13-14-22)21-18(15-9-5-3-6-10-15)19(24-20(21)23)16-11-7-4-8-12-16/h1,3-12,14,17H,13H2/t17-/m0/s1. The number of aromatic nitrogens is 1. The second-order valence-electron chi connectivity index (χ2n) is 5.23. The lowest BCUT2D eigenvalue weighted by molar-refractivity contribution is -0.108. The summed E-state index contributed by atoms with van der Waals surface area (Å²) in [4.78, 5) is 23.4. The Balaban J connectivity index is 2.31. The van der Waals surface area contributed by atoms with E-state index in [0.29, 0.717) is 17.7 Å². The first-order valence-electron chi connectivity index (χ1n) is 7.52. The van der Waals surface area contributed by atoms with Gasteiger partial charge < -0.3 is 9.21 Å². The Labute approximate surface area is 139 Å². The van der Waals surface area contributed by atoms with Gasteiger partial charge in [0.05, 0.1) is 5.69 Å². The molecule has 0 N–H and O–H groups in total. The number of carbonyl (C=O) groups excluding carboxylic acids is 1. The molecule has 2 aromatic carbocycles. The molecule has 0 bridgehead atoms. The van der Waals surface area contributed by atoms with E-state index in [0.717, 1.165) is 11.1 Å². The van der Waals surface area contributed by atoms with Crippen LogP contribution in [-0.4, -0.2) is 10.9 Å². The Kier molecular flexibility index (Phi) is 4.44.